The zero-order chi connectivity index (χ0) is 24.1. The molecule has 0 saturated heterocycles. The lowest BCUT2D eigenvalue weighted by Crippen LogP contribution is -2.26. The van der Waals surface area contributed by atoms with E-state index in [1.165, 1.54) is 10.9 Å². The number of nitrogens with two attached hydrogens (primary N) is 1. The maximum Gasteiger partial charge on any atom is 0.266 e. The Morgan fingerprint density at radius 1 is 1.26 bits per heavy atom. The van der Waals surface area contributed by atoms with E-state index in [0.717, 1.165) is 12.8 Å². The molecule has 1 saturated carbocycles. The van der Waals surface area contributed by atoms with E-state index in [4.69, 9.17) is 21.8 Å². The van der Waals surface area contributed by atoms with E-state index < -0.39 is 6.04 Å². The number of aromatic amines is 1. The van der Waals surface area contributed by atoms with Crippen molar-refractivity contribution in [3.05, 3.63) is 69.8 Å². The zero-order valence-corrected chi connectivity index (χ0v) is 19.3. The van der Waals surface area contributed by atoms with Crippen LogP contribution in [0.15, 0.2) is 52.1 Å². The van der Waals surface area contributed by atoms with Gasteiger partial charge in [0.15, 0.2) is 5.82 Å². The van der Waals surface area contributed by atoms with E-state index in [1.54, 1.807) is 24.4 Å². The van der Waals surface area contributed by atoms with Gasteiger partial charge in [-0.2, -0.15) is 5.10 Å². The van der Waals surface area contributed by atoms with Gasteiger partial charge in [-0.15, -0.1) is 10.2 Å². The minimum atomic E-state index is -0.415. The second-order valence-corrected chi connectivity index (χ2v) is 8.82. The Balaban J connectivity index is 1.46. The molecule has 176 valence electrons. The van der Waals surface area contributed by atoms with Gasteiger partial charge in [0.05, 0.1) is 22.1 Å². The van der Waals surface area contributed by atoms with Crippen LogP contribution in [0.2, 0.25) is 5.02 Å². The molecule has 1 fully saturated rings. The van der Waals surface area contributed by atoms with Crippen LogP contribution in [-0.4, -0.2) is 34.9 Å². The van der Waals surface area contributed by atoms with E-state index in [9.17, 15) is 4.79 Å². The van der Waals surface area contributed by atoms with Gasteiger partial charge in [-0.25, -0.2) is 9.97 Å². The van der Waals surface area contributed by atoms with E-state index in [2.05, 4.69) is 35.7 Å². The van der Waals surface area contributed by atoms with Gasteiger partial charge in [-0.3, -0.25) is 14.5 Å². The van der Waals surface area contributed by atoms with Crippen molar-refractivity contribution in [2.75, 3.05) is 11.1 Å². The lowest BCUT2D eigenvalue weighted by molar-refractivity contribution is 0.508. The summed E-state index contributed by atoms with van der Waals surface area (Å²) in [5.74, 6) is 2.17. The van der Waals surface area contributed by atoms with Crippen molar-refractivity contribution in [1.82, 2.24) is 34.9 Å². The molecule has 1 aliphatic carbocycles. The summed E-state index contributed by atoms with van der Waals surface area (Å²) in [6.45, 7) is 1.90. The van der Waals surface area contributed by atoms with Gasteiger partial charge < -0.3 is 15.5 Å². The van der Waals surface area contributed by atoms with Crippen molar-refractivity contribution in [3.63, 3.8) is 0 Å². The van der Waals surface area contributed by atoms with E-state index in [-0.39, 0.29) is 17.3 Å². The SMILES string of the molecule is CC(Nc1ncnc(N)c1-c1nnc(C2CC2)o1)c1cc2cccc(Cl)c2c(=O)n1-c1cc[nH]n1. The Hall–Kier alpha value is -4.25. The molecule has 1 unspecified atom stereocenters. The van der Waals surface area contributed by atoms with Gasteiger partial charge in [0, 0.05) is 18.2 Å². The van der Waals surface area contributed by atoms with Crippen LogP contribution < -0.4 is 16.6 Å². The second kappa shape index (κ2) is 8.20. The van der Waals surface area contributed by atoms with Gasteiger partial charge in [-0.1, -0.05) is 23.7 Å². The Morgan fingerprint density at radius 3 is 2.89 bits per heavy atom. The van der Waals surface area contributed by atoms with E-state index >= 15 is 0 Å². The molecule has 35 heavy (non-hydrogen) atoms. The molecule has 11 nitrogen and oxygen atoms in total. The summed E-state index contributed by atoms with van der Waals surface area (Å²) in [5.41, 5.74) is 6.96. The van der Waals surface area contributed by atoms with Crippen molar-refractivity contribution in [2.45, 2.75) is 31.7 Å². The highest BCUT2D eigenvalue weighted by molar-refractivity contribution is 6.35. The molecule has 0 aliphatic heterocycles. The molecule has 0 bridgehead atoms. The summed E-state index contributed by atoms with van der Waals surface area (Å²) in [6, 6.07) is 8.55. The number of fused-ring (bicyclic) bond motifs is 1. The first kappa shape index (κ1) is 21.3. The largest absolute Gasteiger partial charge is 0.420 e. The average molecular weight is 490 g/mol. The van der Waals surface area contributed by atoms with Gasteiger partial charge in [0.2, 0.25) is 5.89 Å². The standard InChI is InChI=1S/C23H20ClN9O2/c1-11(29-20-18(19(25)26-10-27-20)22-32-31-21(35-22)12-5-6-12)15-9-13-3-2-4-14(24)17(13)23(34)33(15)16-7-8-28-30-16/h2-4,7-12H,5-6H2,1H3,(H,28,30)(H3,25,26,27,29). The highest BCUT2D eigenvalue weighted by Gasteiger charge is 2.31. The van der Waals surface area contributed by atoms with Gasteiger partial charge in [-0.05, 0) is 37.3 Å². The number of H-pyrrole nitrogens is 1. The highest BCUT2D eigenvalue weighted by Crippen LogP contribution is 2.41. The van der Waals surface area contributed by atoms with Crippen molar-refractivity contribution >= 4 is 34.0 Å². The number of nitrogens with zero attached hydrogens (tertiary/aromatic N) is 6. The maximum atomic E-state index is 13.6. The van der Waals surface area contributed by atoms with Crippen LogP contribution >= 0.6 is 11.6 Å². The summed E-state index contributed by atoms with van der Waals surface area (Å²) in [6.07, 6.45) is 5.06. The average Bonchev–Trinajstić information content (AvgIpc) is 3.33. The molecule has 0 spiro atoms. The number of halogens is 1. The molecule has 0 amide bonds. The fraction of sp³-hybridized carbons (Fsp3) is 0.217. The summed E-state index contributed by atoms with van der Waals surface area (Å²) < 4.78 is 7.39. The van der Waals surface area contributed by atoms with Crippen LogP contribution in [0.25, 0.3) is 28.0 Å². The molecule has 1 aromatic carbocycles. The smallest absolute Gasteiger partial charge is 0.266 e. The normalized spacial score (nSPS) is 14.3. The number of nitrogens with one attached hydrogen (secondary N) is 2. The highest BCUT2D eigenvalue weighted by atomic mass is 35.5. The van der Waals surface area contributed by atoms with Crippen molar-refractivity contribution < 1.29 is 4.42 Å². The molecule has 4 N–H and O–H groups in total. The molecule has 1 atom stereocenters. The Kier molecular flexibility index (Phi) is 4.99. The molecule has 0 radical (unpaired) electrons. The minimum Gasteiger partial charge on any atom is -0.420 e. The van der Waals surface area contributed by atoms with Gasteiger partial charge in [0.25, 0.3) is 11.4 Å². The third-order valence-corrected chi connectivity index (χ3v) is 6.31. The van der Waals surface area contributed by atoms with Crippen molar-refractivity contribution in [1.29, 1.82) is 0 Å². The number of anilines is 2. The molecule has 4 heterocycles. The summed E-state index contributed by atoms with van der Waals surface area (Å²) in [7, 11) is 0. The summed E-state index contributed by atoms with van der Waals surface area (Å²) >= 11 is 6.38. The molecule has 6 rings (SSSR count). The first-order valence-corrected chi connectivity index (χ1v) is 11.4. The molecule has 1 aliphatic rings. The van der Waals surface area contributed by atoms with Crippen LogP contribution in [0.3, 0.4) is 0 Å². The third-order valence-electron chi connectivity index (χ3n) is 5.99. The first-order chi connectivity index (χ1) is 17.0. The Labute approximate surface area is 203 Å². The fourth-order valence-electron chi connectivity index (χ4n) is 4.10. The third kappa shape index (κ3) is 3.69. The minimum absolute atomic E-state index is 0.204. The fourth-order valence-corrected chi connectivity index (χ4v) is 4.36. The second-order valence-electron chi connectivity index (χ2n) is 8.41. The number of hydrogen-bond acceptors (Lipinski definition) is 9. The number of benzene rings is 1. The predicted molar refractivity (Wildman–Crippen MR) is 130 cm³/mol. The number of pyridine rings is 1. The monoisotopic (exact) mass is 489 g/mol. The van der Waals surface area contributed by atoms with Crippen molar-refractivity contribution in [3.8, 4) is 17.3 Å². The molecule has 5 aromatic rings. The predicted octanol–water partition coefficient (Wildman–Crippen LogP) is 3.84. The number of nitrogen functional groups attached to an aromatic ring is 1. The van der Waals surface area contributed by atoms with Crippen LogP contribution in [-0.2, 0) is 0 Å². The van der Waals surface area contributed by atoms with Gasteiger partial charge >= 0.3 is 0 Å². The van der Waals surface area contributed by atoms with Gasteiger partial charge in [0.1, 0.15) is 23.5 Å². The van der Waals surface area contributed by atoms with E-state index in [0.29, 0.717) is 50.5 Å². The lowest BCUT2D eigenvalue weighted by atomic mass is 10.1. The van der Waals surface area contributed by atoms with Crippen molar-refractivity contribution in [2.24, 2.45) is 0 Å². The van der Waals surface area contributed by atoms with Crippen LogP contribution in [0.1, 0.15) is 43.3 Å². The number of aromatic nitrogens is 7. The van der Waals surface area contributed by atoms with Crippen LogP contribution in [0, 0.1) is 0 Å². The van der Waals surface area contributed by atoms with Crippen LogP contribution in [0.4, 0.5) is 11.6 Å². The topological polar surface area (TPSA) is 153 Å². The van der Waals surface area contributed by atoms with E-state index in [1.807, 2.05) is 19.1 Å². The zero-order valence-electron chi connectivity index (χ0n) is 18.6. The summed E-state index contributed by atoms with van der Waals surface area (Å²) in [4.78, 5) is 22.0. The Morgan fingerprint density at radius 2 is 2.11 bits per heavy atom. The van der Waals surface area contributed by atoms with Crippen LogP contribution in [0.5, 0.6) is 0 Å². The molecule has 4 aromatic heterocycles. The molecular formula is C23H20ClN9O2. The Bertz CT molecular complexity index is 1610. The quantitative estimate of drug-likeness (QED) is 0.322. The lowest BCUT2D eigenvalue weighted by Gasteiger charge is -2.21. The molecule has 12 heteroatoms. The number of hydrogen-bond donors (Lipinski definition) is 3. The molecular weight excluding hydrogens is 470 g/mol. The maximum absolute atomic E-state index is 13.6. The first-order valence-electron chi connectivity index (χ1n) is 11.1. The summed E-state index contributed by atoms with van der Waals surface area (Å²) in [5, 5.41) is 20.2. The number of rotatable bonds is 6.